The molecule has 0 saturated carbocycles. The zero-order valence-corrected chi connectivity index (χ0v) is 31.8. The Bertz CT molecular complexity index is 1340. The van der Waals surface area contributed by atoms with E-state index in [1.54, 1.807) is 36.2 Å². The van der Waals surface area contributed by atoms with E-state index in [1.807, 2.05) is 34.2 Å². The normalized spacial score (nSPS) is 10.8. The minimum atomic E-state index is 0. The van der Waals surface area contributed by atoms with Crippen LogP contribution >= 0.6 is 0 Å². The van der Waals surface area contributed by atoms with Crippen molar-refractivity contribution < 1.29 is 0 Å². The molecule has 0 aliphatic carbocycles. The lowest BCUT2D eigenvalue weighted by molar-refractivity contribution is 0.347. The quantitative estimate of drug-likeness (QED) is 0.163. The van der Waals surface area contributed by atoms with Crippen LogP contribution in [0.15, 0.2) is 44.0 Å². The lowest BCUT2D eigenvalue weighted by Crippen LogP contribution is -2.22. The molecular weight excluding hydrogens is 655 g/mol. The standard InChI is InChI=1S/2C7H13N3.3C6H11N3.5CH4/c1-7(2,3)6-8-5-10(4)9-6;1-6-8-5-10(9-6)7(2,3)4;1-6(2,3)9-5-7-4-8-9;1-6(2,3)5-7-4-8-9-5;1-6(2,3)9-5-4-7-8-9;;;;;/h2*5H,1-4H3;4-5H,1-3H3;4H,1-3H3,(H,7,8,9);4-5H,1-3H3;5*1H4. The van der Waals surface area contributed by atoms with Gasteiger partial charge in [-0.1, -0.05) is 83.9 Å². The van der Waals surface area contributed by atoms with Gasteiger partial charge in [-0.15, -0.1) is 5.10 Å². The summed E-state index contributed by atoms with van der Waals surface area (Å²) in [4.78, 5) is 16.0. The Labute approximate surface area is 317 Å². The second-order valence-corrected chi connectivity index (χ2v) is 16.0. The van der Waals surface area contributed by atoms with Crippen LogP contribution < -0.4 is 0 Å². The van der Waals surface area contributed by atoms with Gasteiger partial charge >= 0.3 is 0 Å². The molecule has 15 nitrogen and oxygen atoms in total. The zero-order chi connectivity index (χ0) is 36.3. The lowest BCUT2D eigenvalue weighted by Gasteiger charge is -2.17. The molecule has 15 heteroatoms. The summed E-state index contributed by atoms with van der Waals surface area (Å²) in [5.74, 6) is 2.66. The van der Waals surface area contributed by atoms with Crippen LogP contribution in [0.3, 0.4) is 0 Å². The fourth-order valence-electron chi connectivity index (χ4n) is 3.04. The van der Waals surface area contributed by atoms with Gasteiger partial charge in [0, 0.05) is 24.1 Å². The van der Waals surface area contributed by atoms with Gasteiger partial charge < -0.3 is 0 Å². The minimum absolute atomic E-state index is 0. The van der Waals surface area contributed by atoms with Gasteiger partial charge in [0.25, 0.3) is 0 Å². The largest absolute Gasteiger partial charge is 0.263 e. The summed E-state index contributed by atoms with van der Waals surface area (Å²) in [6.45, 7) is 33.3. The Morgan fingerprint density at radius 1 is 0.577 bits per heavy atom. The number of hydrogen-bond donors (Lipinski definition) is 1. The molecule has 5 rings (SSSR count). The number of aryl methyl sites for hydroxylation is 2. The molecule has 0 unspecified atom stereocenters. The van der Waals surface area contributed by atoms with Gasteiger partial charge in [0.1, 0.15) is 43.3 Å². The van der Waals surface area contributed by atoms with Crippen LogP contribution in [0.5, 0.6) is 0 Å². The van der Waals surface area contributed by atoms with E-state index in [-0.39, 0.29) is 64.6 Å². The first kappa shape index (κ1) is 57.1. The van der Waals surface area contributed by atoms with Crippen LogP contribution in [0.1, 0.15) is 158 Å². The van der Waals surface area contributed by atoms with Crippen LogP contribution in [0.25, 0.3) is 0 Å². The van der Waals surface area contributed by atoms with E-state index in [9.17, 15) is 0 Å². The number of nitrogens with zero attached hydrogens (tertiary/aromatic N) is 14. The van der Waals surface area contributed by atoms with Gasteiger partial charge in [-0.05, 0) is 69.2 Å². The highest BCUT2D eigenvalue weighted by Crippen LogP contribution is 2.17. The number of aromatic nitrogens is 15. The minimum Gasteiger partial charge on any atom is -0.263 e. The summed E-state index contributed by atoms with van der Waals surface area (Å²) in [7, 11) is 1.88. The predicted molar refractivity (Wildman–Crippen MR) is 218 cm³/mol. The maximum absolute atomic E-state index is 4.19. The van der Waals surface area contributed by atoms with Crippen molar-refractivity contribution in [1.29, 1.82) is 0 Å². The Morgan fingerprint density at radius 2 is 1.12 bits per heavy atom. The SMILES string of the molecule is C.C.C.C.C.CC(C)(C)c1ncn[nH]1.CC(C)(C)n1ccnn1.CC(C)(C)n1cncn1.Cc1ncn(C(C)(C)C)n1.Cn1cnc(C(C)(C)C)n1. The van der Waals surface area contributed by atoms with Gasteiger partial charge in [-0.2, -0.15) is 20.4 Å². The molecule has 0 aliphatic rings. The predicted octanol–water partition coefficient (Wildman–Crippen LogP) is 8.80. The molecule has 0 bridgehead atoms. The molecule has 52 heavy (non-hydrogen) atoms. The number of nitrogens with one attached hydrogen (secondary N) is 1. The van der Waals surface area contributed by atoms with Crippen molar-refractivity contribution in [2.45, 2.75) is 175 Å². The van der Waals surface area contributed by atoms with Crippen molar-refractivity contribution in [3.8, 4) is 0 Å². The smallest absolute Gasteiger partial charge is 0.155 e. The first-order valence-electron chi connectivity index (χ1n) is 15.6. The van der Waals surface area contributed by atoms with Crippen molar-refractivity contribution >= 4 is 0 Å². The Morgan fingerprint density at radius 3 is 1.31 bits per heavy atom. The third-order valence-corrected chi connectivity index (χ3v) is 5.91. The fraction of sp³-hybridized carbons (Fsp3) is 0.730. The van der Waals surface area contributed by atoms with Gasteiger partial charge in [-0.25, -0.2) is 34.0 Å². The average Bonchev–Trinajstić information content (AvgIpc) is 3.72. The van der Waals surface area contributed by atoms with E-state index in [1.165, 1.54) is 6.33 Å². The lowest BCUT2D eigenvalue weighted by atomic mass is 9.96. The van der Waals surface area contributed by atoms with Crippen LogP contribution in [-0.2, 0) is 34.5 Å². The molecular formula is C37H79N15. The van der Waals surface area contributed by atoms with E-state index in [4.69, 9.17) is 0 Å². The first-order valence-corrected chi connectivity index (χ1v) is 15.6. The number of rotatable bonds is 0. The average molecular weight is 734 g/mol. The Hall–Kier alpha value is -4.30. The summed E-state index contributed by atoms with van der Waals surface area (Å²) in [5.41, 5.74) is 0.353. The van der Waals surface area contributed by atoms with Crippen molar-refractivity contribution in [2.24, 2.45) is 7.05 Å². The van der Waals surface area contributed by atoms with Crippen molar-refractivity contribution in [1.82, 2.24) is 74.5 Å². The molecule has 5 aromatic heterocycles. The summed E-state index contributed by atoms with van der Waals surface area (Å²) in [5, 5.41) is 26.5. The molecule has 0 radical (unpaired) electrons. The molecule has 0 saturated heterocycles. The van der Waals surface area contributed by atoms with Crippen LogP contribution in [0, 0.1) is 6.92 Å². The van der Waals surface area contributed by atoms with Crippen LogP contribution in [0.2, 0.25) is 0 Å². The first-order chi connectivity index (χ1) is 21.3. The maximum Gasteiger partial charge on any atom is 0.155 e. The molecule has 0 aromatic carbocycles. The van der Waals surface area contributed by atoms with E-state index < -0.39 is 0 Å². The molecule has 1 N–H and O–H groups in total. The summed E-state index contributed by atoms with van der Waals surface area (Å²) < 4.78 is 7.24. The fourth-order valence-corrected chi connectivity index (χ4v) is 3.04. The maximum atomic E-state index is 4.19. The summed E-state index contributed by atoms with van der Waals surface area (Å²) in [6.07, 6.45) is 11.8. The highest BCUT2D eigenvalue weighted by Gasteiger charge is 2.18. The third kappa shape index (κ3) is 21.8. The van der Waals surface area contributed by atoms with Crippen LogP contribution in [-0.4, -0.2) is 74.5 Å². The van der Waals surface area contributed by atoms with Gasteiger partial charge in [0.2, 0.25) is 0 Å². The Balaban J connectivity index is -0.000000173. The molecule has 0 atom stereocenters. The van der Waals surface area contributed by atoms with E-state index in [0.717, 1.165) is 17.5 Å². The van der Waals surface area contributed by atoms with Gasteiger partial charge in [0.05, 0.1) is 22.8 Å². The Kier molecular flexibility index (Phi) is 25.6. The molecule has 0 spiro atoms. The van der Waals surface area contributed by atoms with Crippen molar-refractivity contribution in [2.75, 3.05) is 0 Å². The number of H-pyrrole nitrogens is 1. The molecule has 0 aliphatic heterocycles. The molecule has 5 aromatic rings. The monoisotopic (exact) mass is 734 g/mol. The molecule has 5 heterocycles. The highest BCUT2D eigenvalue weighted by atomic mass is 15.4. The van der Waals surface area contributed by atoms with Crippen molar-refractivity contribution in [3.05, 3.63) is 61.5 Å². The third-order valence-electron chi connectivity index (χ3n) is 5.91. The highest BCUT2D eigenvalue weighted by molar-refractivity contribution is 4.98. The van der Waals surface area contributed by atoms with Crippen molar-refractivity contribution in [3.63, 3.8) is 0 Å². The van der Waals surface area contributed by atoms with Gasteiger partial charge in [-0.3, -0.25) is 9.78 Å². The summed E-state index contributed by atoms with van der Waals surface area (Å²) in [6, 6.07) is 0. The van der Waals surface area contributed by atoms with E-state index in [2.05, 4.69) is 160 Å². The second kappa shape index (κ2) is 23.3. The van der Waals surface area contributed by atoms with E-state index >= 15 is 0 Å². The molecule has 302 valence electrons. The number of hydrogen-bond acceptors (Lipinski definition) is 10. The van der Waals surface area contributed by atoms with Crippen LogP contribution in [0.4, 0.5) is 0 Å². The van der Waals surface area contributed by atoms with Gasteiger partial charge in [0.15, 0.2) is 5.82 Å². The number of aromatic amines is 1. The van der Waals surface area contributed by atoms with E-state index in [0.29, 0.717) is 0 Å². The second-order valence-electron chi connectivity index (χ2n) is 16.0. The molecule has 0 amide bonds. The zero-order valence-electron chi connectivity index (χ0n) is 31.8. The molecule has 0 fully saturated rings. The summed E-state index contributed by atoms with van der Waals surface area (Å²) >= 11 is 0. The topological polar surface area (TPSA) is 164 Å².